The van der Waals surface area contributed by atoms with Gasteiger partial charge in [-0.1, -0.05) is 32.4 Å². The number of carbonyl (C=O) groups is 1. The van der Waals surface area contributed by atoms with Crippen LogP contribution in [0.5, 0.6) is 0 Å². The molecule has 0 fully saturated rings. The number of carbonyl (C=O) groups excluding carboxylic acids is 1. The average Bonchev–Trinajstić information content (AvgIpc) is 2.52. The molecule has 0 aliphatic carbocycles. The molecule has 0 heterocycles. The molecule has 0 spiro atoms. The molecule has 0 saturated carbocycles. The molecule has 0 aromatic heterocycles. The Balaban J connectivity index is 2.92. The largest absolute Gasteiger partial charge is 0.341 e. The van der Waals surface area contributed by atoms with E-state index in [1.807, 2.05) is 13.8 Å². The Bertz CT molecular complexity index is 596. The molecule has 0 aliphatic rings. The van der Waals surface area contributed by atoms with E-state index in [-0.39, 0.29) is 10.8 Å². The van der Waals surface area contributed by atoms with Crippen molar-refractivity contribution in [3.05, 3.63) is 29.3 Å². The molecular formula is C16H25ClN2O3S. The molecule has 1 atom stereocenters. The minimum atomic E-state index is -3.75. The molecular weight excluding hydrogens is 336 g/mol. The van der Waals surface area contributed by atoms with Gasteiger partial charge in [-0.25, -0.2) is 8.42 Å². The van der Waals surface area contributed by atoms with Gasteiger partial charge in [-0.15, -0.1) is 0 Å². The maximum absolute atomic E-state index is 12.6. The molecule has 0 aliphatic heterocycles. The fourth-order valence-electron chi connectivity index (χ4n) is 2.27. The van der Waals surface area contributed by atoms with E-state index in [0.29, 0.717) is 24.5 Å². The van der Waals surface area contributed by atoms with Crippen LogP contribution in [0.3, 0.4) is 0 Å². The Morgan fingerprint density at radius 3 is 2.09 bits per heavy atom. The van der Waals surface area contributed by atoms with E-state index in [0.717, 1.165) is 12.8 Å². The molecule has 1 rings (SSSR count). The summed E-state index contributed by atoms with van der Waals surface area (Å²) in [6.45, 7) is 7.05. The molecule has 7 heteroatoms. The first-order valence-corrected chi connectivity index (χ1v) is 9.78. The lowest BCUT2D eigenvalue weighted by Crippen LogP contribution is -2.48. The van der Waals surface area contributed by atoms with Gasteiger partial charge in [-0.3, -0.25) is 4.79 Å². The van der Waals surface area contributed by atoms with Crippen LogP contribution < -0.4 is 4.72 Å². The summed E-state index contributed by atoms with van der Waals surface area (Å²) in [5.41, 5.74) is 0. The van der Waals surface area contributed by atoms with Gasteiger partial charge in [0.25, 0.3) is 0 Å². The van der Waals surface area contributed by atoms with Gasteiger partial charge in [0.1, 0.15) is 6.04 Å². The number of nitrogens with one attached hydrogen (secondary N) is 1. The van der Waals surface area contributed by atoms with E-state index in [1.165, 1.54) is 24.3 Å². The van der Waals surface area contributed by atoms with Crippen molar-refractivity contribution in [2.24, 2.45) is 0 Å². The normalized spacial score (nSPS) is 12.9. The van der Waals surface area contributed by atoms with Crippen molar-refractivity contribution in [3.8, 4) is 0 Å². The van der Waals surface area contributed by atoms with Crippen LogP contribution in [0.15, 0.2) is 29.2 Å². The molecule has 1 aromatic rings. The van der Waals surface area contributed by atoms with Crippen LogP contribution in [0.1, 0.15) is 40.0 Å². The second-order valence-electron chi connectivity index (χ2n) is 5.36. The Labute approximate surface area is 144 Å². The van der Waals surface area contributed by atoms with E-state index >= 15 is 0 Å². The number of rotatable bonds is 9. The Kier molecular flexibility index (Phi) is 8.02. The topological polar surface area (TPSA) is 66.5 Å². The summed E-state index contributed by atoms with van der Waals surface area (Å²) in [6.07, 6.45) is 2.08. The Morgan fingerprint density at radius 2 is 1.65 bits per heavy atom. The molecule has 0 saturated heterocycles. The molecule has 1 N–H and O–H groups in total. The lowest BCUT2D eigenvalue weighted by Gasteiger charge is -2.26. The van der Waals surface area contributed by atoms with Crippen molar-refractivity contribution in [2.45, 2.75) is 51.0 Å². The first-order valence-electron chi connectivity index (χ1n) is 7.92. The van der Waals surface area contributed by atoms with Crippen LogP contribution >= 0.6 is 11.6 Å². The molecule has 1 amide bonds. The fraction of sp³-hybridized carbons (Fsp3) is 0.562. The molecule has 0 bridgehead atoms. The Hall–Kier alpha value is -1.11. The molecule has 1 unspecified atom stereocenters. The first kappa shape index (κ1) is 19.9. The molecule has 5 nitrogen and oxygen atoms in total. The number of amides is 1. The Morgan fingerprint density at radius 1 is 1.13 bits per heavy atom. The number of benzene rings is 1. The third kappa shape index (κ3) is 5.79. The van der Waals surface area contributed by atoms with Crippen LogP contribution in [0, 0.1) is 0 Å². The van der Waals surface area contributed by atoms with E-state index in [2.05, 4.69) is 4.72 Å². The third-order valence-corrected chi connectivity index (χ3v) is 5.17. The van der Waals surface area contributed by atoms with E-state index in [1.54, 1.807) is 11.8 Å². The highest BCUT2D eigenvalue weighted by Crippen LogP contribution is 2.15. The zero-order valence-electron chi connectivity index (χ0n) is 13.9. The lowest BCUT2D eigenvalue weighted by molar-refractivity contribution is -0.133. The van der Waals surface area contributed by atoms with Crippen LogP contribution in [0.25, 0.3) is 0 Å². The first-order chi connectivity index (χ1) is 10.9. The number of nitrogens with zero attached hydrogens (tertiary/aromatic N) is 1. The van der Waals surface area contributed by atoms with Crippen molar-refractivity contribution < 1.29 is 13.2 Å². The molecule has 0 radical (unpaired) electrons. The quantitative estimate of drug-likeness (QED) is 0.736. The van der Waals surface area contributed by atoms with Gasteiger partial charge in [0.2, 0.25) is 15.9 Å². The van der Waals surface area contributed by atoms with E-state index < -0.39 is 16.1 Å². The summed E-state index contributed by atoms with van der Waals surface area (Å²) >= 11 is 5.78. The van der Waals surface area contributed by atoms with Crippen LogP contribution in [-0.4, -0.2) is 38.4 Å². The van der Waals surface area contributed by atoms with Gasteiger partial charge >= 0.3 is 0 Å². The van der Waals surface area contributed by atoms with Crippen LogP contribution in [0.2, 0.25) is 5.02 Å². The second-order valence-corrected chi connectivity index (χ2v) is 7.51. The number of hydrogen-bond acceptors (Lipinski definition) is 3. The highest BCUT2D eigenvalue weighted by Gasteiger charge is 2.27. The SMILES string of the molecule is CCCN(CCC)C(=O)C(CC)NS(=O)(=O)c1ccc(Cl)cc1. The highest BCUT2D eigenvalue weighted by atomic mass is 35.5. The number of halogens is 1. The zero-order chi connectivity index (χ0) is 17.5. The third-order valence-electron chi connectivity index (χ3n) is 3.43. The minimum Gasteiger partial charge on any atom is -0.341 e. The van der Waals surface area contributed by atoms with E-state index in [9.17, 15) is 13.2 Å². The van der Waals surface area contributed by atoms with Gasteiger partial charge < -0.3 is 4.90 Å². The smallest absolute Gasteiger partial charge is 0.241 e. The maximum atomic E-state index is 12.6. The predicted molar refractivity (Wildman–Crippen MR) is 93.0 cm³/mol. The fourth-order valence-corrected chi connectivity index (χ4v) is 3.67. The van der Waals surface area contributed by atoms with E-state index in [4.69, 9.17) is 11.6 Å². The van der Waals surface area contributed by atoms with Crippen molar-refractivity contribution in [1.82, 2.24) is 9.62 Å². The van der Waals surface area contributed by atoms with Gasteiger partial charge in [0.15, 0.2) is 0 Å². The zero-order valence-corrected chi connectivity index (χ0v) is 15.5. The summed E-state index contributed by atoms with van der Waals surface area (Å²) < 4.78 is 27.4. The van der Waals surface area contributed by atoms with Crippen molar-refractivity contribution in [2.75, 3.05) is 13.1 Å². The van der Waals surface area contributed by atoms with Crippen molar-refractivity contribution in [3.63, 3.8) is 0 Å². The molecule has 130 valence electrons. The summed E-state index contributed by atoms with van der Waals surface area (Å²) in [5.74, 6) is -0.172. The van der Waals surface area contributed by atoms with Crippen molar-refractivity contribution >= 4 is 27.5 Å². The number of hydrogen-bond donors (Lipinski definition) is 1. The summed E-state index contributed by atoms with van der Waals surface area (Å²) in [6, 6.07) is 5.13. The molecule has 1 aromatic carbocycles. The number of sulfonamides is 1. The average molecular weight is 361 g/mol. The summed E-state index contributed by atoms with van der Waals surface area (Å²) in [7, 11) is -3.75. The second kappa shape index (κ2) is 9.25. The van der Waals surface area contributed by atoms with Crippen molar-refractivity contribution in [1.29, 1.82) is 0 Å². The van der Waals surface area contributed by atoms with Gasteiger partial charge in [0.05, 0.1) is 4.90 Å². The van der Waals surface area contributed by atoms with Crippen LogP contribution in [0.4, 0.5) is 0 Å². The monoisotopic (exact) mass is 360 g/mol. The molecule has 23 heavy (non-hydrogen) atoms. The maximum Gasteiger partial charge on any atom is 0.241 e. The lowest BCUT2D eigenvalue weighted by atomic mass is 10.2. The summed E-state index contributed by atoms with van der Waals surface area (Å²) in [4.78, 5) is 14.4. The van der Waals surface area contributed by atoms with Gasteiger partial charge in [0, 0.05) is 18.1 Å². The predicted octanol–water partition coefficient (Wildman–Crippen LogP) is 3.05. The van der Waals surface area contributed by atoms with Gasteiger partial charge in [-0.2, -0.15) is 4.72 Å². The van der Waals surface area contributed by atoms with Gasteiger partial charge in [-0.05, 0) is 43.5 Å². The van der Waals surface area contributed by atoms with Crippen LogP contribution in [-0.2, 0) is 14.8 Å². The summed E-state index contributed by atoms with van der Waals surface area (Å²) in [5, 5.41) is 0.462. The minimum absolute atomic E-state index is 0.102. The highest BCUT2D eigenvalue weighted by molar-refractivity contribution is 7.89. The standard InChI is InChI=1S/C16H25ClN2O3S/c1-4-11-19(12-5-2)16(20)15(6-3)18-23(21,22)14-9-7-13(17)8-10-14/h7-10,15,18H,4-6,11-12H2,1-3H3.